The lowest BCUT2D eigenvalue weighted by Crippen LogP contribution is -2.63. The number of hydrogen-bond donors (Lipinski definition) is 6. The topological polar surface area (TPSA) is 193 Å². The van der Waals surface area contributed by atoms with Crippen molar-refractivity contribution in [3.05, 3.63) is 69.5 Å². The monoisotopic (exact) mass is 591 g/mol. The number of ketones is 2. The van der Waals surface area contributed by atoms with Gasteiger partial charge in [-0.15, -0.1) is 0 Å². The molecule has 43 heavy (non-hydrogen) atoms. The van der Waals surface area contributed by atoms with Crippen LogP contribution in [-0.2, 0) is 22.6 Å². The Kier molecular flexibility index (Phi) is 7.57. The average molecular weight is 592 g/mol. The van der Waals surface area contributed by atoms with Crippen LogP contribution in [0.2, 0.25) is 0 Å². The maximum Gasteiger partial charge on any atom is 0.255 e. The molecule has 7 N–H and O–H groups in total. The molecule has 0 saturated carbocycles. The maximum atomic E-state index is 14.3. The maximum absolute atomic E-state index is 14.3. The van der Waals surface area contributed by atoms with Crippen molar-refractivity contribution in [2.45, 2.75) is 44.9 Å². The fourth-order valence-corrected chi connectivity index (χ4v) is 7.01. The Hall–Kier alpha value is -4.26. The fraction of sp³-hybridized carbons (Fsp3) is 0.419. The van der Waals surface area contributed by atoms with Crippen LogP contribution < -0.4 is 5.73 Å². The number of amides is 1. The number of aromatic hydroxyl groups is 1. The van der Waals surface area contributed by atoms with E-state index in [1.165, 1.54) is 4.90 Å². The van der Waals surface area contributed by atoms with Crippen LogP contribution in [0.25, 0.3) is 11.1 Å². The first-order chi connectivity index (χ1) is 20.2. The van der Waals surface area contributed by atoms with E-state index >= 15 is 0 Å². The minimum Gasteiger partial charge on any atom is -0.510 e. The number of nitrogens with one attached hydrogen (secondary N) is 1. The molecule has 3 aliphatic rings. The van der Waals surface area contributed by atoms with Crippen LogP contribution in [0, 0.1) is 11.8 Å². The third kappa shape index (κ3) is 4.57. The number of carbonyl (C=O) groups is 3. The van der Waals surface area contributed by atoms with Gasteiger partial charge in [0, 0.05) is 41.9 Å². The molecule has 2 aromatic rings. The Morgan fingerprint density at radius 2 is 1.93 bits per heavy atom. The van der Waals surface area contributed by atoms with E-state index in [1.54, 1.807) is 26.5 Å². The highest BCUT2D eigenvalue weighted by atomic mass is 16.3. The molecular formula is C31H37N5O7. The number of aromatic amines is 1. The van der Waals surface area contributed by atoms with Gasteiger partial charge in [0.1, 0.15) is 22.8 Å². The van der Waals surface area contributed by atoms with Crippen LogP contribution in [-0.4, -0.2) is 97.2 Å². The normalized spacial score (nSPS) is 25.8. The van der Waals surface area contributed by atoms with Gasteiger partial charge in [-0.3, -0.25) is 29.3 Å². The number of benzene rings is 1. The molecular weight excluding hydrogens is 554 g/mol. The second kappa shape index (κ2) is 10.8. The van der Waals surface area contributed by atoms with E-state index < -0.39 is 58.0 Å². The molecule has 4 atom stereocenters. The summed E-state index contributed by atoms with van der Waals surface area (Å²) >= 11 is 0. The number of allylic oxidation sites excluding steroid dienone is 2. The van der Waals surface area contributed by atoms with Crippen molar-refractivity contribution in [1.82, 2.24) is 20.0 Å². The lowest BCUT2D eigenvalue weighted by atomic mass is 9.58. The molecule has 0 spiro atoms. The molecule has 0 bridgehead atoms. The number of hydrogen-bond acceptors (Lipinski definition) is 10. The first kappa shape index (κ1) is 30.2. The minimum absolute atomic E-state index is 0.0183. The smallest absolute Gasteiger partial charge is 0.255 e. The SMILES string of the molecule is C/C=C(\C)CN(C)Cc1cc(-c2cn[nH]c2)c2c(c1O)C(=O)C1=C(O)[C@]3(O)C(=O)C(C(N)=O)=C(O)[C@@H](N(C)C)[C@@H]3C[C@@H]1C2. The largest absolute Gasteiger partial charge is 0.510 e. The van der Waals surface area contributed by atoms with Crippen molar-refractivity contribution in [2.24, 2.45) is 17.6 Å². The number of carbonyl (C=O) groups excluding carboxylic acids is 3. The Morgan fingerprint density at radius 1 is 1.23 bits per heavy atom. The van der Waals surface area contributed by atoms with Crippen molar-refractivity contribution < 1.29 is 34.8 Å². The number of phenols is 1. The molecule has 228 valence electrons. The summed E-state index contributed by atoms with van der Waals surface area (Å²) in [4.78, 5) is 43.6. The number of aliphatic hydroxyl groups excluding tert-OH is 2. The molecule has 1 aromatic carbocycles. The fourth-order valence-electron chi connectivity index (χ4n) is 7.01. The highest BCUT2D eigenvalue weighted by Crippen LogP contribution is 2.53. The van der Waals surface area contributed by atoms with Crippen molar-refractivity contribution in [2.75, 3.05) is 27.7 Å². The summed E-state index contributed by atoms with van der Waals surface area (Å²) in [6.07, 6.45) is 5.51. The number of primary amides is 1. The predicted octanol–water partition coefficient (Wildman–Crippen LogP) is 1.91. The van der Waals surface area contributed by atoms with Crippen LogP contribution in [0.15, 0.2) is 52.8 Å². The van der Waals surface area contributed by atoms with Gasteiger partial charge in [0.25, 0.3) is 5.91 Å². The Morgan fingerprint density at radius 3 is 2.51 bits per heavy atom. The average Bonchev–Trinajstić information content (AvgIpc) is 3.46. The van der Waals surface area contributed by atoms with Crippen LogP contribution in [0.1, 0.15) is 41.8 Å². The summed E-state index contributed by atoms with van der Waals surface area (Å²) in [5, 5.41) is 52.8. The van der Waals surface area contributed by atoms with E-state index in [0.717, 1.165) is 5.57 Å². The minimum atomic E-state index is -2.69. The number of rotatable bonds is 7. The van der Waals surface area contributed by atoms with Crippen molar-refractivity contribution in [3.63, 3.8) is 0 Å². The van der Waals surface area contributed by atoms with Gasteiger partial charge in [-0.2, -0.15) is 5.10 Å². The van der Waals surface area contributed by atoms with E-state index in [1.807, 2.05) is 37.9 Å². The summed E-state index contributed by atoms with van der Waals surface area (Å²) in [7, 11) is 5.08. The Bertz CT molecular complexity index is 1620. The zero-order valence-electron chi connectivity index (χ0n) is 24.8. The third-order valence-corrected chi connectivity index (χ3v) is 9.06. The first-order valence-corrected chi connectivity index (χ1v) is 14.1. The number of nitrogens with zero attached hydrogens (tertiary/aromatic N) is 3. The summed E-state index contributed by atoms with van der Waals surface area (Å²) in [6.45, 7) is 4.86. The summed E-state index contributed by atoms with van der Waals surface area (Å²) in [6, 6.07) is 0.785. The number of fused-ring (bicyclic) bond motifs is 3. The molecule has 1 aromatic heterocycles. The van der Waals surface area contributed by atoms with Gasteiger partial charge in [-0.25, -0.2) is 0 Å². The zero-order chi connectivity index (χ0) is 31.5. The van der Waals surface area contributed by atoms with Gasteiger partial charge in [0.2, 0.25) is 5.78 Å². The van der Waals surface area contributed by atoms with Crippen molar-refractivity contribution >= 4 is 17.5 Å². The summed E-state index contributed by atoms with van der Waals surface area (Å²) < 4.78 is 0. The van der Waals surface area contributed by atoms with E-state index in [-0.39, 0.29) is 29.7 Å². The Labute approximate surface area is 248 Å². The molecule has 5 rings (SSSR count). The van der Waals surface area contributed by atoms with E-state index in [0.29, 0.717) is 35.3 Å². The van der Waals surface area contributed by atoms with E-state index in [2.05, 4.69) is 10.2 Å². The molecule has 0 fully saturated rings. The number of aliphatic hydroxyl groups is 3. The van der Waals surface area contributed by atoms with Gasteiger partial charge in [-0.05, 0) is 70.9 Å². The number of aromatic nitrogens is 2. The van der Waals surface area contributed by atoms with Crippen LogP contribution >= 0.6 is 0 Å². The third-order valence-electron chi connectivity index (χ3n) is 9.06. The summed E-state index contributed by atoms with van der Waals surface area (Å²) in [5.41, 5.74) is 5.22. The van der Waals surface area contributed by atoms with Crippen molar-refractivity contribution in [3.8, 4) is 16.9 Å². The molecule has 0 radical (unpaired) electrons. The van der Waals surface area contributed by atoms with E-state index in [4.69, 9.17) is 5.73 Å². The lowest BCUT2D eigenvalue weighted by molar-refractivity contribution is -0.148. The molecule has 12 heteroatoms. The highest BCUT2D eigenvalue weighted by molar-refractivity contribution is 6.25. The molecule has 3 aliphatic carbocycles. The van der Waals surface area contributed by atoms with Gasteiger partial charge < -0.3 is 26.2 Å². The number of Topliss-reactive ketones (excluding diaryl/α,β-unsaturated/α-hetero) is 2. The molecule has 1 heterocycles. The van der Waals surface area contributed by atoms with Crippen LogP contribution in [0.4, 0.5) is 0 Å². The van der Waals surface area contributed by atoms with Crippen LogP contribution in [0.5, 0.6) is 5.75 Å². The second-order valence-electron chi connectivity index (χ2n) is 12.0. The quantitative estimate of drug-likeness (QED) is 0.205. The lowest BCUT2D eigenvalue weighted by Gasteiger charge is -2.50. The number of nitrogens with two attached hydrogens (primary N) is 1. The van der Waals surface area contributed by atoms with Gasteiger partial charge in [0.05, 0.1) is 17.8 Å². The zero-order valence-corrected chi connectivity index (χ0v) is 24.8. The molecule has 12 nitrogen and oxygen atoms in total. The molecule has 0 saturated heterocycles. The van der Waals surface area contributed by atoms with Crippen LogP contribution in [0.3, 0.4) is 0 Å². The standard InChI is InChI=1S/C31H37N5O7/c1-6-14(2)12-36(5)13-16-8-18(17-10-33-34-11-17)19-7-15-9-20-24(35(3)4)27(39)23(30(32)42)29(41)31(20,43)28(40)21(15)26(38)22(19)25(16)37/h6,8,10-11,15,20,24,37,39-40,43H,7,9,12-13H2,1-5H3,(H2,32,42)(H,33,34)/b14-6+/t15-,20-,24-,31-/m0/s1. The first-order valence-electron chi connectivity index (χ1n) is 14.1. The Balaban J connectivity index is 1.70. The second-order valence-corrected chi connectivity index (χ2v) is 12.0. The van der Waals surface area contributed by atoms with Gasteiger partial charge in [-0.1, -0.05) is 11.6 Å². The van der Waals surface area contributed by atoms with Crippen molar-refractivity contribution in [1.29, 1.82) is 0 Å². The molecule has 0 unspecified atom stereocenters. The molecule has 1 amide bonds. The molecule has 0 aliphatic heterocycles. The van der Waals surface area contributed by atoms with E-state index in [9.17, 15) is 34.8 Å². The summed E-state index contributed by atoms with van der Waals surface area (Å²) in [5.74, 6) is -6.74. The van der Waals surface area contributed by atoms with Gasteiger partial charge >= 0.3 is 0 Å². The number of H-pyrrole nitrogens is 1. The number of phenolic OH excluding ortho intramolecular Hbond substituents is 1. The predicted molar refractivity (Wildman–Crippen MR) is 157 cm³/mol. The highest BCUT2D eigenvalue weighted by Gasteiger charge is 2.63. The van der Waals surface area contributed by atoms with Gasteiger partial charge in [0.15, 0.2) is 11.4 Å². The number of likely N-dealkylation sites (N-methyl/N-ethyl adjacent to an activating group) is 2.